The molecule has 14 heavy (non-hydrogen) atoms. The van der Waals surface area contributed by atoms with Gasteiger partial charge in [0, 0.05) is 12.0 Å². The topological polar surface area (TPSA) is 74.6 Å². The van der Waals surface area contributed by atoms with Crippen LogP contribution in [0.2, 0.25) is 0 Å². The smallest absolute Gasteiger partial charge is 0.335 e. The summed E-state index contributed by atoms with van der Waals surface area (Å²) in [4.78, 5) is 21.4. The van der Waals surface area contributed by atoms with Crippen LogP contribution >= 0.6 is 0 Å². The van der Waals surface area contributed by atoms with Gasteiger partial charge in [0.2, 0.25) is 0 Å². The van der Waals surface area contributed by atoms with Crippen molar-refractivity contribution in [1.29, 1.82) is 0 Å². The molecule has 0 amide bonds. The lowest BCUT2D eigenvalue weighted by atomic mass is 10.1. The molecule has 0 radical (unpaired) electrons. The van der Waals surface area contributed by atoms with Crippen LogP contribution in [0.5, 0.6) is 5.75 Å². The number of carboxylic acids is 1. The molecule has 0 aliphatic carbocycles. The van der Waals surface area contributed by atoms with Gasteiger partial charge in [-0.2, -0.15) is 0 Å². The zero-order valence-corrected chi connectivity index (χ0v) is 7.65. The molecule has 0 aliphatic heterocycles. The van der Waals surface area contributed by atoms with Crippen LogP contribution in [-0.4, -0.2) is 22.0 Å². The van der Waals surface area contributed by atoms with Gasteiger partial charge in [0.1, 0.15) is 11.5 Å². The fourth-order valence-corrected chi connectivity index (χ4v) is 1.13. The third kappa shape index (κ3) is 2.32. The normalized spacial score (nSPS) is 9.79. The minimum atomic E-state index is -1.07. The lowest BCUT2D eigenvalue weighted by Gasteiger charge is -2.03. The van der Waals surface area contributed by atoms with E-state index >= 15 is 0 Å². The summed E-state index contributed by atoms with van der Waals surface area (Å²) in [6.07, 6.45) is 0.0486. The number of benzene rings is 1. The minimum absolute atomic E-state index is 0.0486. The Morgan fingerprint density at radius 3 is 2.50 bits per heavy atom. The maximum Gasteiger partial charge on any atom is 0.335 e. The Bertz CT molecular complexity index is 382. The maximum absolute atomic E-state index is 10.8. The molecule has 1 rings (SSSR count). The SMILES string of the molecule is CC(=O)Cc1cc(C(=O)O)ccc1O. The van der Waals surface area contributed by atoms with Crippen molar-refractivity contribution in [2.24, 2.45) is 0 Å². The van der Waals surface area contributed by atoms with Crippen molar-refractivity contribution in [2.75, 3.05) is 0 Å². The predicted octanol–water partition coefficient (Wildman–Crippen LogP) is 1.22. The molecule has 1 aromatic carbocycles. The van der Waals surface area contributed by atoms with E-state index in [1.54, 1.807) is 0 Å². The number of carbonyl (C=O) groups excluding carboxylic acids is 1. The number of hydrogen-bond acceptors (Lipinski definition) is 3. The van der Waals surface area contributed by atoms with E-state index in [9.17, 15) is 14.7 Å². The van der Waals surface area contributed by atoms with Gasteiger partial charge in [0.15, 0.2) is 0 Å². The Hall–Kier alpha value is -1.84. The highest BCUT2D eigenvalue weighted by Gasteiger charge is 2.08. The number of aromatic hydroxyl groups is 1. The molecule has 1 aromatic rings. The summed E-state index contributed by atoms with van der Waals surface area (Å²) in [7, 11) is 0. The first-order chi connectivity index (χ1) is 6.50. The van der Waals surface area contributed by atoms with Crippen molar-refractivity contribution < 1.29 is 19.8 Å². The van der Waals surface area contributed by atoms with Crippen LogP contribution in [0.25, 0.3) is 0 Å². The van der Waals surface area contributed by atoms with Gasteiger partial charge in [-0.15, -0.1) is 0 Å². The highest BCUT2D eigenvalue weighted by atomic mass is 16.4. The van der Waals surface area contributed by atoms with Crippen molar-refractivity contribution in [1.82, 2.24) is 0 Å². The van der Waals surface area contributed by atoms with Gasteiger partial charge in [-0.3, -0.25) is 4.79 Å². The van der Waals surface area contributed by atoms with E-state index in [-0.39, 0.29) is 23.5 Å². The monoisotopic (exact) mass is 194 g/mol. The van der Waals surface area contributed by atoms with Gasteiger partial charge in [-0.1, -0.05) is 0 Å². The van der Waals surface area contributed by atoms with E-state index in [0.29, 0.717) is 5.56 Å². The van der Waals surface area contributed by atoms with Crippen LogP contribution in [0.15, 0.2) is 18.2 Å². The van der Waals surface area contributed by atoms with Crippen LogP contribution < -0.4 is 0 Å². The largest absolute Gasteiger partial charge is 0.508 e. The molecule has 0 aliphatic rings. The highest BCUT2D eigenvalue weighted by molar-refractivity contribution is 5.88. The van der Waals surface area contributed by atoms with Gasteiger partial charge >= 0.3 is 5.97 Å². The summed E-state index contributed by atoms with van der Waals surface area (Å²) in [5.41, 5.74) is 0.413. The number of Topliss-reactive ketones (excluding diaryl/α,β-unsaturated/α-hetero) is 1. The number of ketones is 1. The summed E-state index contributed by atoms with van der Waals surface area (Å²) < 4.78 is 0. The Morgan fingerprint density at radius 2 is 2.00 bits per heavy atom. The summed E-state index contributed by atoms with van der Waals surface area (Å²) in [5, 5.41) is 18.0. The van der Waals surface area contributed by atoms with Crippen LogP contribution in [0.1, 0.15) is 22.8 Å². The first-order valence-electron chi connectivity index (χ1n) is 4.05. The van der Waals surface area contributed by atoms with Crippen LogP contribution in [-0.2, 0) is 11.2 Å². The molecule has 0 fully saturated rings. The molecule has 0 saturated heterocycles. The van der Waals surface area contributed by atoms with Crippen LogP contribution in [0.4, 0.5) is 0 Å². The van der Waals surface area contributed by atoms with Crippen molar-refractivity contribution in [3.8, 4) is 5.75 Å². The first-order valence-corrected chi connectivity index (χ1v) is 4.05. The molecule has 0 saturated carbocycles. The zero-order valence-electron chi connectivity index (χ0n) is 7.65. The lowest BCUT2D eigenvalue weighted by molar-refractivity contribution is -0.116. The number of phenolic OH excluding ortho intramolecular Hbond substituents is 1. The second kappa shape index (κ2) is 3.91. The maximum atomic E-state index is 10.8. The van der Waals surface area contributed by atoms with Gasteiger partial charge in [-0.05, 0) is 25.1 Å². The van der Waals surface area contributed by atoms with Gasteiger partial charge in [0.25, 0.3) is 0 Å². The van der Waals surface area contributed by atoms with Crippen LogP contribution in [0, 0.1) is 0 Å². The van der Waals surface area contributed by atoms with Crippen molar-refractivity contribution in [2.45, 2.75) is 13.3 Å². The molecular weight excluding hydrogens is 184 g/mol. The average molecular weight is 194 g/mol. The molecule has 0 spiro atoms. The third-order valence-corrected chi connectivity index (χ3v) is 1.77. The average Bonchev–Trinajstić information content (AvgIpc) is 2.07. The molecule has 2 N–H and O–H groups in total. The molecule has 4 nitrogen and oxygen atoms in total. The number of hydrogen-bond donors (Lipinski definition) is 2. The molecule has 0 atom stereocenters. The lowest BCUT2D eigenvalue weighted by Crippen LogP contribution is -2.01. The molecule has 4 heteroatoms. The summed E-state index contributed by atoms with van der Waals surface area (Å²) in [6.45, 7) is 1.38. The molecule has 74 valence electrons. The van der Waals surface area contributed by atoms with E-state index in [2.05, 4.69) is 0 Å². The van der Waals surface area contributed by atoms with E-state index in [1.807, 2.05) is 0 Å². The number of aromatic carboxylic acids is 1. The van der Waals surface area contributed by atoms with E-state index < -0.39 is 5.97 Å². The molecule has 0 unspecified atom stereocenters. The third-order valence-electron chi connectivity index (χ3n) is 1.77. The minimum Gasteiger partial charge on any atom is -0.508 e. The predicted molar refractivity (Wildman–Crippen MR) is 49.5 cm³/mol. The summed E-state index contributed by atoms with van der Waals surface area (Å²) >= 11 is 0. The van der Waals surface area contributed by atoms with E-state index in [0.717, 1.165) is 0 Å². The first kappa shape index (κ1) is 10.2. The Morgan fingerprint density at radius 1 is 1.36 bits per heavy atom. The van der Waals surface area contributed by atoms with Crippen LogP contribution in [0.3, 0.4) is 0 Å². The Balaban J connectivity index is 3.08. The van der Waals surface area contributed by atoms with Gasteiger partial charge in [-0.25, -0.2) is 4.79 Å². The van der Waals surface area contributed by atoms with Crippen molar-refractivity contribution in [3.05, 3.63) is 29.3 Å². The molecule has 0 heterocycles. The van der Waals surface area contributed by atoms with Crippen molar-refractivity contribution in [3.63, 3.8) is 0 Å². The zero-order chi connectivity index (χ0) is 10.7. The fourth-order valence-electron chi connectivity index (χ4n) is 1.13. The van der Waals surface area contributed by atoms with E-state index in [4.69, 9.17) is 5.11 Å². The number of rotatable bonds is 3. The fraction of sp³-hybridized carbons (Fsp3) is 0.200. The number of carboxylic acid groups (broad SMARTS) is 1. The quantitative estimate of drug-likeness (QED) is 0.758. The summed E-state index contributed by atoms with van der Waals surface area (Å²) in [6, 6.07) is 3.88. The Labute approximate surface area is 80.8 Å². The number of carbonyl (C=O) groups is 2. The molecule has 0 aromatic heterocycles. The summed E-state index contributed by atoms with van der Waals surface area (Å²) in [5.74, 6) is -1.25. The second-order valence-corrected chi connectivity index (χ2v) is 3.03. The number of phenols is 1. The Kier molecular flexibility index (Phi) is 2.86. The highest BCUT2D eigenvalue weighted by Crippen LogP contribution is 2.19. The standard InChI is InChI=1S/C10H10O4/c1-6(11)4-8-5-7(10(13)14)2-3-9(8)12/h2-3,5,12H,4H2,1H3,(H,13,14). The van der Waals surface area contributed by atoms with E-state index in [1.165, 1.54) is 25.1 Å². The molecule has 0 bridgehead atoms. The van der Waals surface area contributed by atoms with Crippen molar-refractivity contribution >= 4 is 11.8 Å². The molecular formula is C10H10O4. The van der Waals surface area contributed by atoms with Gasteiger partial charge < -0.3 is 10.2 Å². The second-order valence-electron chi connectivity index (χ2n) is 3.03. The van der Waals surface area contributed by atoms with Gasteiger partial charge in [0.05, 0.1) is 5.56 Å².